The van der Waals surface area contributed by atoms with Gasteiger partial charge in [0.15, 0.2) is 0 Å². The number of hydrogen-bond acceptors (Lipinski definition) is 2. The molecule has 1 aliphatic rings. The van der Waals surface area contributed by atoms with E-state index in [2.05, 4.69) is 24.1 Å². The minimum absolute atomic E-state index is 0.113. The minimum atomic E-state index is 0.113. The second kappa shape index (κ2) is 5.50. The Morgan fingerprint density at radius 1 is 1.20 bits per heavy atom. The van der Waals surface area contributed by atoms with Gasteiger partial charge in [-0.15, -0.1) is 0 Å². The molecule has 0 radical (unpaired) electrons. The van der Waals surface area contributed by atoms with Gasteiger partial charge < -0.3 is 10.2 Å². The summed E-state index contributed by atoms with van der Waals surface area (Å²) in [5.74, 6) is 0.416. The largest absolute Gasteiger partial charge is 0.337 e. The average molecular weight is 212 g/mol. The van der Waals surface area contributed by atoms with E-state index in [1.807, 2.05) is 13.8 Å². The van der Waals surface area contributed by atoms with Gasteiger partial charge in [-0.25, -0.2) is 0 Å². The van der Waals surface area contributed by atoms with Crippen molar-refractivity contribution in [3.05, 3.63) is 0 Å². The maximum Gasteiger partial charge on any atom is 0.225 e. The highest BCUT2D eigenvalue weighted by molar-refractivity contribution is 5.78. The highest BCUT2D eigenvalue weighted by Crippen LogP contribution is 2.17. The first-order valence-corrected chi connectivity index (χ1v) is 6.07. The van der Waals surface area contributed by atoms with Gasteiger partial charge in [0, 0.05) is 18.0 Å². The van der Waals surface area contributed by atoms with E-state index < -0.39 is 0 Å². The predicted octanol–water partition coefficient (Wildman–Crippen LogP) is 1.63. The molecule has 1 rings (SSSR count). The van der Waals surface area contributed by atoms with Gasteiger partial charge in [-0.05, 0) is 39.8 Å². The van der Waals surface area contributed by atoms with E-state index in [-0.39, 0.29) is 5.92 Å². The van der Waals surface area contributed by atoms with Crippen LogP contribution in [0.3, 0.4) is 0 Å². The second-order valence-corrected chi connectivity index (χ2v) is 4.98. The maximum absolute atomic E-state index is 12.1. The zero-order valence-electron chi connectivity index (χ0n) is 10.4. The number of carbonyl (C=O) groups is 1. The van der Waals surface area contributed by atoms with Gasteiger partial charge in [-0.2, -0.15) is 0 Å². The zero-order valence-corrected chi connectivity index (χ0v) is 10.4. The van der Waals surface area contributed by atoms with Crippen LogP contribution in [0.1, 0.15) is 40.5 Å². The molecule has 1 amide bonds. The van der Waals surface area contributed by atoms with Crippen LogP contribution in [-0.4, -0.2) is 36.0 Å². The van der Waals surface area contributed by atoms with E-state index in [1.165, 1.54) is 0 Å². The lowest BCUT2D eigenvalue weighted by atomic mass is 10.0. The molecule has 0 saturated carbocycles. The fourth-order valence-corrected chi connectivity index (χ4v) is 2.24. The normalized spacial score (nSPS) is 18.5. The summed E-state index contributed by atoms with van der Waals surface area (Å²) in [4.78, 5) is 14.2. The molecule has 3 heteroatoms. The smallest absolute Gasteiger partial charge is 0.225 e. The van der Waals surface area contributed by atoms with Crippen LogP contribution >= 0.6 is 0 Å². The molecule has 0 atom stereocenters. The van der Waals surface area contributed by atoms with Crippen molar-refractivity contribution in [2.24, 2.45) is 5.92 Å². The number of hydrogen-bond donors (Lipinski definition) is 1. The molecule has 3 nitrogen and oxygen atoms in total. The van der Waals surface area contributed by atoms with Crippen LogP contribution in [0.5, 0.6) is 0 Å². The molecular weight excluding hydrogens is 188 g/mol. The van der Waals surface area contributed by atoms with E-state index in [9.17, 15) is 4.79 Å². The van der Waals surface area contributed by atoms with Gasteiger partial charge >= 0.3 is 0 Å². The fourth-order valence-electron chi connectivity index (χ4n) is 2.24. The van der Waals surface area contributed by atoms with Gasteiger partial charge in [0.05, 0.1) is 0 Å². The molecular formula is C12H24N2O. The molecule has 1 N–H and O–H groups in total. The summed E-state index contributed by atoms with van der Waals surface area (Å²) in [7, 11) is 0. The van der Waals surface area contributed by atoms with Crippen molar-refractivity contribution in [2.45, 2.75) is 52.6 Å². The summed E-state index contributed by atoms with van der Waals surface area (Å²) in [5.41, 5.74) is 0. The van der Waals surface area contributed by atoms with Gasteiger partial charge in [0.1, 0.15) is 0 Å². The summed E-state index contributed by atoms with van der Waals surface area (Å²) >= 11 is 0. The van der Waals surface area contributed by atoms with Crippen molar-refractivity contribution in [1.29, 1.82) is 0 Å². The van der Waals surface area contributed by atoms with E-state index in [4.69, 9.17) is 0 Å². The van der Waals surface area contributed by atoms with E-state index in [0.29, 0.717) is 18.0 Å². The highest BCUT2D eigenvalue weighted by Gasteiger charge is 2.28. The molecule has 1 fully saturated rings. The first-order valence-electron chi connectivity index (χ1n) is 6.07. The third-order valence-corrected chi connectivity index (χ3v) is 3.01. The summed E-state index contributed by atoms with van der Waals surface area (Å²) < 4.78 is 0. The number of amides is 1. The quantitative estimate of drug-likeness (QED) is 0.771. The maximum atomic E-state index is 12.1. The Morgan fingerprint density at radius 2 is 1.73 bits per heavy atom. The van der Waals surface area contributed by atoms with Gasteiger partial charge in [0.25, 0.3) is 0 Å². The number of rotatable bonds is 3. The van der Waals surface area contributed by atoms with Crippen molar-refractivity contribution >= 4 is 5.91 Å². The molecule has 0 aromatic rings. The Bertz CT molecular complexity index is 208. The predicted molar refractivity (Wildman–Crippen MR) is 62.7 cm³/mol. The topological polar surface area (TPSA) is 32.3 Å². The average Bonchev–Trinajstić information content (AvgIpc) is 2.18. The lowest BCUT2D eigenvalue weighted by Gasteiger charge is -2.38. The number of nitrogens with zero attached hydrogens (tertiary/aromatic N) is 1. The lowest BCUT2D eigenvalue weighted by Crippen LogP contribution is -2.50. The molecule has 0 aliphatic carbocycles. The molecule has 0 unspecified atom stereocenters. The van der Waals surface area contributed by atoms with Crippen molar-refractivity contribution < 1.29 is 4.79 Å². The summed E-state index contributed by atoms with van der Waals surface area (Å²) in [6.45, 7) is 10.3. The van der Waals surface area contributed by atoms with Crippen LogP contribution < -0.4 is 5.32 Å². The molecule has 0 spiro atoms. The Labute approximate surface area is 93.2 Å². The number of piperidine rings is 1. The standard InChI is InChI=1S/C12H24N2O/c1-9(2)12(15)14(10(3)4)11-5-7-13-8-6-11/h9-11,13H,5-8H2,1-4H3. The molecule has 1 saturated heterocycles. The van der Waals surface area contributed by atoms with Gasteiger partial charge in [-0.3, -0.25) is 4.79 Å². The first kappa shape index (κ1) is 12.5. The van der Waals surface area contributed by atoms with E-state index in [0.717, 1.165) is 25.9 Å². The monoisotopic (exact) mass is 212 g/mol. The number of nitrogens with one attached hydrogen (secondary N) is 1. The van der Waals surface area contributed by atoms with Gasteiger partial charge in [-0.1, -0.05) is 13.8 Å². The van der Waals surface area contributed by atoms with Crippen molar-refractivity contribution in [3.63, 3.8) is 0 Å². The van der Waals surface area contributed by atoms with Crippen molar-refractivity contribution in [3.8, 4) is 0 Å². The first-order chi connectivity index (χ1) is 7.04. The third-order valence-electron chi connectivity index (χ3n) is 3.01. The van der Waals surface area contributed by atoms with E-state index in [1.54, 1.807) is 0 Å². The zero-order chi connectivity index (χ0) is 11.4. The van der Waals surface area contributed by atoms with Crippen LogP contribution in [0.15, 0.2) is 0 Å². The Hall–Kier alpha value is -0.570. The van der Waals surface area contributed by atoms with Gasteiger partial charge in [0.2, 0.25) is 5.91 Å². The Kier molecular flexibility index (Phi) is 4.58. The minimum Gasteiger partial charge on any atom is -0.337 e. The highest BCUT2D eigenvalue weighted by atomic mass is 16.2. The molecule has 1 heterocycles. The molecule has 15 heavy (non-hydrogen) atoms. The van der Waals surface area contributed by atoms with Crippen LogP contribution in [0.25, 0.3) is 0 Å². The van der Waals surface area contributed by atoms with Crippen LogP contribution in [0.2, 0.25) is 0 Å². The van der Waals surface area contributed by atoms with Crippen molar-refractivity contribution in [2.75, 3.05) is 13.1 Å². The molecule has 0 aromatic carbocycles. The Morgan fingerprint density at radius 3 is 2.13 bits per heavy atom. The molecule has 0 aromatic heterocycles. The second-order valence-electron chi connectivity index (χ2n) is 4.98. The van der Waals surface area contributed by atoms with Crippen LogP contribution in [0, 0.1) is 5.92 Å². The Balaban J connectivity index is 2.67. The number of carbonyl (C=O) groups excluding carboxylic acids is 1. The van der Waals surface area contributed by atoms with Crippen LogP contribution in [0.4, 0.5) is 0 Å². The molecule has 88 valence electrons. The molecule has 1 aliphatic heterocycles. The van der Waals surface area contributed by atoms with Crippen LogP contribution in [-0.2, 0) is 4.79 Å². The SMILES string of the molecule is CC(C)C(=O)N(C(C)C)C1CCNCC1. The summed E-state index contributed by atoms with van der Waals surface area (Å²) in [6, 6.07) is 0.768. The summed E-state index contributed by atoms with van der Waals surface area (Å²) in [6.07, 6.45) is 2.19. The fraction of sp³-hybridized carbons (Fsp3) is 0.917. The van der Waals surface area contributed by atoms with Crippen molar-refractivity contribution in [1.82, 2.24) is 10.2 Å². The molecule has 0 bridgehead atoms. The summed E-state index contributed by atoms with van der Waals surface area (Å²) in [5, 5.41) is 3.34. The van der Waals surface area contributed by atoms with E-state index >= 15 is 0 Å². The third kappa shape index (κ3) is 3.20. The lowest BCUT2D eigenvalue weighted by molar-refractivity contribution is -0.139.